The normalized spacial score (nSPS) is 10.9. The third kappa shape index (κ3) is 3.64. The van der Waals surface area contributed by atoms with E-state index in [0.29, 0.717) is 18.2 Å². The number of nitrogens with zero attached hydrogens (tertiary/aromatic N) is 3. The first kappa shape index (κ1) is 14.2. The van der Waals surface area contributed by atoms with Gasteiger partial charge in [-0.1, -0.05) is 19.9 Å². The third-order valence-corrected chi connectivity index (χ3v) is 2.81. The summed E-state index contributed by atoms with van der Waals surface area (Å²) in [6, 6.07) is 8.35. The highest BCUT2D eigenvalue weighted by Gasteiger charge is 2.08. The maximum Gasteiger partial charge on any atom is 0.271 e. The van der Waals surface area contributed by atoms with E-state index in [4.69, 9.17) is 0 Å². The van der Waals surface area contributed by atoms with E-state index in [0.717, 1.165) is 12.2 Å². The molecule has 1 N–H and O–H groups in total. The summed E-state index contributed by atoms with van der Waals surface area (Å²) in [7, 11) is 0. The lowest BCUT2D eigenvalue weighted by Crippen LogP contribution is -2.19. The molecule has 0 aliphatic carbocycles. The van der Waals surface area contributed by atoms with Gasteiger partial charge in [0, 0.05) is 24.9 Å². The Labute approximate surface area is 117 Å². The second kappa shape index (κ2) is 6.29. The molecule has 0 spiro atoms. The van der Waals surface area contributed by atoms with E-state index in [2.05, 4.69) is 24.3 Å². The fraction of sp³-hybridized carbons (Fsp3) is 0.357. The van der Waals surface area contributed by atoms with Gasteiger partial charge >= 0.3 is 0 Å². The second-order valence-electron chi connectivity index (χ2n) is 5.05. The van der Waals surface area contributed by atoms with Gasteiger partial charge in [-0.3, -0.25) is 10.1 Å². The Bertz CT molecular complexity index is 592. The first-order chi connectivity index (χ1) is 9.56. The van der Waals surface area contributed by atoms with E-state index in [1.54, 1.807) is 16.8 Å². The fourth-order valence-corrected chi connectivity index (χ4v) is 1.84. The Hall–Kier alpha value is -2.21. The van der Waals surface area contributed by atoms with Gasteiger partial charge in [0.1, 0.15) is 0 Å². The number of benzene rings is 1. The van der Waals surface area contributed by atoms with Crippen LogP contribution < -0.4 is 5.32 Å². The number of rotatable bonds is 6. The Morgan fingerprint density at radius 3 is 2.90 bits per heavy atom. The number of non-ortho nitro benzene ring substituents is 1. The Morgan fingerprint density at radius 1 is 1.40 bits per heavy atom. The van der Waals surface area contributed by atoms with Crippen LogP contribution in [0.15, 0.2) is 36.5 Å². The molecule has 106 valence electrons. The summed E-state index contributed by atoms with van der Waals surface area (Å²) < 4.78 is 1.65. The molecule has 0 atom stereocenters. The van der Waals surface area contributed by atoms with Crippen LogP contribution in [-0.4, -0.2) is 21.2 Å². The van der Waals surface area contributed by atoms with Gasteiger partial charge in [-0.25, -0.2) is 4.68 Å². The Morgan fingerprint density at radius 2 is 2.20 bits per heavy atom. The van der Waals surface area contributed by atoms with E-state index in [9.17, 15) is 10.1 Å². The average Bonchev–Trinajstić information content (AvgIpc) is 2.87. The summed E-state index contributed by atoms with van der Waals surface area (Å²) in [6.45, 7) is 5.92. The van der Waals surface area contributed by atoms with Crippen molar-refractivity contribution in [2.75, 3.05) is 6.54 Å². The van der Waals surface area contributed by atoms with Gasteiger partial charge in [-0.05, 0) is 24.6 Å². The summed E-state index contributed by atoms with van der Waals surface area (Å²) in [5.74, 6) is 0.592. The lowest BCUT2D eigenvalue weighted by atomic mass is 10.2. The van der Waals surface area contributed by atoms with Crippen molar-refractivity contribution in [2.24, 2.45) is 5.92 Å². The number of nitro groups is 1. The van der Waals surface area contributed by atoms with Gasteiger partial charge < -0.3 is 5.32 Å². The molecule has 0 unspecified atom stereocenters. The van der Waals surface area contributed by atoms with Crippen molar-refractivity contribution in [1.29, 1.82) is 0 Å². The smallest absolute Gasteiger partial charge is 0.271 e. The summed E-state index contributed by atoms with van der Waals surface area (Å²) in [6.07, 6.45) is 1.81. The zero-order valence-corrected chi connectivity index (χ0v) is 11.6. The third-order valence-electron chi connectivity index (χ3n) is 2.81. The molecule has 0 radical (unpaired) electrons. The van der Waals surface area contributed by atoms with E-state index in [1.807, 2.05) is 12.3 Å². The number of nitrogens with one attached hydrogen (secondary N) is 1. The molecule has 20 heavy (non-hydrogen) atoms. The summed E-state index contributed by atoms with van der Waals surface area (Å²) in [4.78, 5) is 10.4. The number of hydrogen-bond donors (Lipinski definition) is 1. The van der Waals surface area contributed by atoms with Gasteiger partial charge in [-0.2, -0.15) is 5.10 Å². The molecular formula is C14H18N4O2. The van der Waals surface area contributed by atoms with Crippen LogP contribution >= 0.6 is 0 Å². The van der Waals surface area contributed by atoms with Gasteiger partial charge in [0.25, 0.3) is 5.69 Å². The van der Waals surface area contributed by atoms with Crippen LogP contribution in [0, 0.1) is 16.0 Å². The quantitative estimate of drug-likeness (QED) is 0.649. The SMILES string of the molecule is CC(C)CNCc1ccn(-c2cccc([N+](=O)[O-])c2)n1. The van der Waals surface area contributed by atoms with Crippen LogP contribution in [0.3, 0.4) is 0 Å². The van der Waals surface area contributed by atoms with Gasteiger partial charge in [-0.15, -0.1) is 0 Å². The molecule has 2 aromatic rings. The van der Waals surface area contributed by atoms with Crippen LogP contribution in [0.2, 0.25) is 0 Å². The molecule has 0 bridgehead atoms. The number of hydrogen-bond acceptors (Lipinski definition) is 4. The van der Waals surface area contributed by atoms with E-state index < -0.39 is 4.92 Å². The summed E-state index contributed by atoms with van der Waals surface area (Å²) in [5.41, 5.74) is 1.67. The zero-order valence-electron chi connectivity index (χ0n) is 11.6. The highest BCUT2D eigenvalue weighted by molar-refractivity contribution is 5.42. The predicted octanol–water partition coefficient (Wildman–Crippen LogP) is 2.53. The highest BCUT2D eigenvalue weighted by atomic mass is 16.6. The molecule has 1 aromatic heterocycles. The molecule has 1 heterocycles. The molecule has 2 rings (SSSR count). The van der Waals surface area contributed by atoms with Crippen LogP contribution in [0.4, 0.5) is 5.69 Å². The van der Waals surface area contributed by atoms with Crippen molar-refractivity contribution >= 4 is 5.69 Å². The first-order valence-corrected chi connectivity index (χ1v) is 6.56. The van der Waals surface area contributed by atoms with E-state index in [1.165, 1.54) is 12.1 Å². The monoisotopic (exact) mass is 274 g/mol. The maximum atomic E-state index is 10.8. The summed E-state index contributed by atoms with van der Waals surface area (Å²) in [5, 5.41) is 18.5. The van der Waals surface area contributed by atoms with Crippen molar-refractivity contribution in [1.82, 2.24) is 15.1 Å². The second-order valence-corrected chi connectivity index (χ2v) is 5.05. The zero-order chi connectivity index (χ0) is 14.5. The van der Waals surface area contributed by atoms with Crippen molar-refractivity contribution in [3.8, 4) is 5.69 Å². The van der Waals surface area contributed by atoms with Crippen molar-refractivity contribution in [3.05, 3.63) is 52.3 Å². The standard InChI is InChI=1S/C14H18N4O2/c1-11(2)9-15-10-12-6-7-17(16-12)13-4-3-5-14(8-13)18(19)20/h3-8,11,15H,9-10H2,1-2H3. The van der Waals surface area contributed by atoms with E-state index in [-0.39, 0.29) is 5.69 Å². The van der Waals surface area contributed by atoms with E-state index >= 15 is 0 Å². The Kier molecular flexibility index (Phi) is 4.47. The van der Waals surface area contributed by atoms with Crippen LogP contribution in [0.5, 0.6) is 0 Å². The minimum Gasteiger partial charge on any atom is -0.311 e. The van der Waals surface area contributed by atoms with Crippen LogP contribution in [0.1, 0.15) is 19.5 Å². The fourth-order valence-electron chi connectivity index (χ4n) is 1.84. The number of nitro benzene ring substituents is 1. The van der Waals surface area contributed by atoms with Gasteiger partial charge in [0.15, 0.2) is 0 Å². The molecule has 0 saturated carbocycles. The molecular weight excluding hydrogens is 256 g/mol. The lowest BCUT2D eigenvalue weighted by molar-refractivity contribution is -0.384. The molecule has 1 aromatic carbocycles. The van der Waals surface area contributed by atoms with Crippen molar-refractivity contribution < 1.29 is 4.92 Å². The lowest BCUT2D eigenvalue weighted by Gasteiger charge is -2.05. The Balaban J connectivity index is 2.08. The summed E-state index contributed by atoms with van der Waals surface area (Å²) >= 11 is 0. The topological polar surface area (TPSA) is 73.0 Å². The highest BCUT2D eigenvalue weighted by Crippen LogP contribution is 2.16. The molecule has 0 fully saturated rings. The first-order valence-electron chi connectivity index (χ1n) is 6.56. The average molecular weight is 274 g/mol. The van der Waals surface area contributed by atoms with Crippen molar-refractivity contribution in [2.45, 2.75) is 20.4 Å². The number of aromatic nitrogens is 2. The largest absolute Gasteiger partial charge is 0.311 e. The minimum absolute atomic E-state index is 0.0671. The maximum absolute atomic E-state index is 10.8. The van der Waals surface area contributed by atoms with Crippen molar-refractivity contribution in [3.63, 3.8) is 0 Å². The molecule has 0 saturated heterocycles. The molecule has 0 amide bonds. The predicted molar refractivity (Wildman–Crippen MR) is 76.8 cm³/mol. The molecule has 0 aliphatic rings. The molecule has 6 nitrogen and oxygen atoms in total. The van der Waals surface area contributed by atoms with Crippen LogP contribution in [-0.2, 0) is 6.54 Å². The molecule has 0 aliphatic heterocycles. The minimum atomic E-state index is -0.405. The molecule has 6 heteroatoms. The van der Waals surface area contributed by atoms with Crippen LogP contribution in [0.25, 0.3) is 5.69 Å². The van der Waals surface area contributed by atoms with Gasteiger partial charge in [0.2, 0.25) is 0 Å². The van der Waals surface area contributed by atoms with Gasteiger partial charge in [0.05, 0.1) is 16.3 Å².